The number of esters is 2. The minimum absolute atomic E-state index is 0.120. The van der Waals surface area contributed by atoms with Crippen LogP contribution in [0.4, 0.5) is 0 Å². The Hall–Kier alpha value is -1.14. The molecule has 0 saturated heterocycles. The summed E-state index contributed by atoms with van der Waals surface area (Å²) in [7, 11) is 0. The van der Waals surface area contributed by atoms with E-state index in [1.807, 2.05) is 6.92 Å². The van der Waals surface area contributed by atoms with Crippen molar-refractivity contribution >= 4 is 11.9 Å². The fraction of sp³-hybridized carbons (Fsp3) is 0.867. The first kappa shape index (κ1) is 19.9. The van der Waals surface area contributed by atoms with Crippen molar-refractivity contribution in [2.24, 2.45) is 5.84 Å². The summed E-state index contributed by atoms with van der Waals surface area (Å²) in [5.74, 6) is 5.06. The second-order valence-corrected chi connectivity index (χ2v) is 7.00. The Balaban J connectivity index is 4.65. The van der Waals surface area contributed by atoms with Gasteiger partial charge in [0.1, 0.15) is 17.2 Å². The van der Waals surface area contributed by atoms with E-state index in [2.05, 4.69) is 0 Å². The predicted molar refractivity (Wildman–Crippen MR) is 81.3 cm³/mol. The minimum Gasteiger partial charge on any atom is -0.460 e. The van der Waals surface area contributed by atoms with Gasteiger partial charge in [0, 0.05) is 13.0 Å². The summed E-state index contributed by atoms with van der Waals surface area (Å²) in [5, 5.41) is 1.39. The summed E-state index contributed by atoms with van der Waals surface area (Å²) in [6.45, 7) is 13.1. The maximum absolute atomic E-state index is 12.2. The van der Waals surface area contributed by atoms with Crippen molar-refractivity contribution in [1.82, 2.24) is 5.01 Å². The van der Waals surface area contributed by atoms with E-state index in [4.69, 9.17) is 15.3 Å². The van der Waals surface area contributed by atoms with Crippen LogP contribution in [0.2, 0.25) is 0 Å². The Morgan fingerprint density at radius 1 is 1.05 bits per heavy atom. The Labute approximate surface area is 127 Å². The van der Waals surface area contributed by atoms with Gasteiger partial charge in [0.25, 0.3) is 0 Å². The van der Waals surface area contributed by atoms with Crippen LogP contribution in [0.15, 0.2) is 0 Å². The monoisotopic (exact) mass is 302 g/mol. The number of rotatable bonds is 6. The van der Waals surface area contributed by atoms with E-state index in [-0.39, 0.29) is 18.8 Å². The van der Waals surface area contributed by atoms with E-state index in [9.17, 15) is 9.59 Å². The highest BCUT2D eigenvalue weighted by Crippen LogP contribution is 2.15. The Morgan fingerprint density at radius 2 is 1.52 bits per heavy atom. The molecular formula is C15H30N2O4. The van der Waals surface area contributed by atoms with Gasteiger partial charge in [-0.05, 0) is 48.0 Å². The summed E-state index contributed by atoms with van der Waals surface area (Å²) in [6, 6.07) is -0.651. The number of hydrazine groups is 1. The first-order chi connectivity index (χ1) is 9.35. The standard InChI is InChI=1S/C15H30N2O4/c1-8-17(16)11(13(19)21-15(5,6)7)9-10-12(18)20-14(2,3)4/h11H,8-10,16H2,1-7H3/t11-/m0/s1. The second-order valence-electron chi connectivity index (χ2n) is 7.00. The third-order valence-electron chi connectivity index (χ3n) is 2.49. The minimum atomic E-state index is -0.651. The number of carbonyl (C=O) groups excluding carboxylic acids is 2. The van der Waals surface area contributed by atoms with Gasteiger partial charge in [0.05, 0.1) is 0 Å². The quantitative estimate of drug-likeness (QED) is 0.459. The molecule has 0 unspecified atom stereocenters. The molecule has 2 N–H and O–H groups in total. The van der Waals surface area contributed by atoms with E-state index in [1.165, 1.54) is 5.01 Å². The first-order valence-corrected chi connectivity index (χ1v) is 7.31. The van der Waals surface area contributed by atoms with E-state index < -0.39 is 23.2 Å². The number of likely N-dealkylation sites (N-methyl/N-ethyl adjacent to an activating group) is 1. The molecule has 0 aliphatic heterocycles. The number of ether oxygens (including phenoxy) is 2. The summed E-state index contributed by atoms with van der Waals surface area (Å²) in [4.78, 5) is 23.9. The van der Waals surface area contributed by atoms with Crippen LogP contribution in [-0.2, 0) is 19.1 Å². The molecule has 0 rings (SSSR count). The molecule has 6 heteroatoms. The van der Waals surface area contributed by atoms with Crippen molar-refractivity contribution in [3.05, 3.63) is 0 Å². The van der Waals surface area contributed by atoms with Crippen molar-refractivity contribution in [3.8, 4) is 0 Å². The van der Waals surface area contributed by atoms with Gasteiger partial charge >= 0.3 is 11.9 Å². The molecule has 0 aromatic carbocycles. The maximum atomic E-state index is 12.2. The summed E-state index contributed by atoms with van der Waals surface area (Å²) in [6.07, 6.45) is 0.392. The summed E-state index contributed by atoms with van der Waals surface area (Å²) in [5.41, 5.74) is -1.12. The maximum Gasteiger partial charge on any atom is 0.325 e. The topological polar surface area (TPSA) is 81.9 Å². The van der Waals surface area contributed by atoms with Crippen LogP contribution < -0.4 is 5.84 Å². The molecule has 21 heavy (non-hydrogen) atoms. The predicted octanol–water partition coefficient (Wildman–Crippen LogP) is 2.01. The average molecular weight is 302 g/mol. The number of nitrogens with two attached hydrogens (primary N) is 1. The lowest BCUT2D eigenvalue weighted by molar-refractivity contribution is -0.162. The van der Waals surface area contributed by atoms with E-state index in [0.29, 0.717) is 6.54 Å². The van der Waals surface area contributed by atoms with Crippen LogP contribution in [0.25, 0.3) is 0 Å². The van der Waals surface area contributed by atoms with Crippen molar-refractivity contribution < 1.29 is 19.1 Å². The molecule has 6 nitrogen and oxygen atoms in total. The number of carbonyl (C=O) groups is 2. The van der Waals surface area contributed by atoms with Crippen LogP contribution in [-0.4, -0.2) is 40.7 Å². The van der Waals surface area contributed by atoms with Crippen LogP contribution in [0.5, 0.6) is 0 Å². The molecule has 0 amide bonds. The summed E-state index contributed by atoms with van der Waals surface area (Å²) >= 11 is 0. The van der Waals surface area contributed by atoms with Gasteiger partial charge in [-0.3, -0.25) is 15.4 Å². The normalized spacial score (nSPS) is 14.0. The molecule has 0 spiro atoms. The van der Waals surface area contributed by atoms with E-state index >= 15 is 0 Å². The lowest BCUT2D eigenvalue weighted by Crippen LogP contribution is -2.48. The molecule has 0 radical (unpaired) electrons. The second kappa shape index (κ2) is 7.75. The zero-order valence-electron chi connectivity index (χ0n) is 14.4. The fourth-order valence-corrected chi connectivity index (χ4v) is 1.66. The van der Waals surface area contributed by atoms with E-state index in [1.54, 1.807) is 41.5 Å². The third-order valence-corrected chi connectivity index (χ3v) is 2.49. The molecule has 124 valence electrons. The molecule has 0 aliphatic rings. The Morgan fingerprint density at radius 3 is 1.90 bits per heavy atom. The largest absolute Gasteiger partial charge is 0.460 e. The highest BCUT2D eigenvalue weighted by Gasteiger charge is 2.29. The molecule has 0 aromatic heterocycles. The van der Waals surface area contributed by atoms with Crippen LogP contribution >= 0.6 is 0 Å². The SMILES string of the molecule is CCN(N)[C@@H](CCC(=O)OC(C)(C)C)C(=O)OC(C)(C)C. The zero-order valence-corrected chi connectivity index (χ0v) is 14.4. The van der Waals surface area contributed by atoms with Gasteiger partial charge in [-0.25, -0.2) is 5.01 Å². The van der Waals surface area contributed by atoms with Gasteiger partial charge in [0.15, 0.2) is 0 Å². The molecule has 0 aliphatic carbocycles. The fourth-order valence-electron chi connectivity index (χ4n) is 1.66. The average Bonchev–Trinajstić information content (AvgIpc) is 2.23. The molecule has 0 fully saturated rings. The van der Waals surface area contributed by atoms with E-state index in [0.717, 1.165) is 0 Å². The van der Waals surface area contributed by atoms with Crippen molar-refractivity contribution in [3.63, 3.8) is 0 Å². The molecule has 0 heterocycles. The van der Waals surface area contributed by atoms with Crippen LogP contribution in [0, 0.1) is 0 Å². The van der Waals surface area contributed by atoms with Crippen LogP contribution in [0.3, 0.4) is 0 Å². The molecule has 0 saturated carbocycles. The van der Waals surface area contributed by atoms with Gasteiger partial charge < -0.3 is 9.47 Å². The highest BCUT2D eigenvalue weighted by atomic mass is 16.6. The third kappa shape index (κ3) is 9.42. The number of nitrogens with zero attached hydrogens (tertiary/aromatic N) is 1. The lowest BCUT2D eigenvalue weighted by Gasteiger charge is -2.29. The van der Waals surface area contributed by atoms with Crippen molar-refractivity contribution in [1.29, 1.82) is 0 Å². The molecule has 0 aromatic rings. The number of hydrogen-bond donors (Lipinski definition) is 1. The lowest BCUT2D eigenvalue weighted by atomic mass is 10.1. The van der Waals surface area contributed by atoms with Crippen molar-refractivity contribution in [2.45, 2.75) is 78.6 Å². The first-order valence-electron chi connectivity index (χ1n) is 7.31. The Bertz CT molecular complexity index is 356. The van der Waals surface area contributed by atoms with Gasteiger partial charge in [-0.2, -0.15) is 0 Å². The molecular weight excluding hydrogens is 272 g/mol. The summed E-state index contributed by atoms with van der Waals surface area (Å²) < 4.78 is 10.6. The smallest absolute Gasteiger partial charge is 0.325 e. The number of hydrogen-bond acceptors (Lipinski definition) is 6. The molecule has 1 atom stereocenters. The highest BCUT2D eigenvalue weighted by molar-refractivity contribution is 5.77. The molecule has 0 bridgehead atoms. The van der Waals surface area contributed by atoms with Crippen LogP contribution in [0.1, 0.15) is 61.3 Å². The Kier molecular flexibility index (Phi) is 7.33. The van der Waals surface area contributed by atoms with Gasteiger partial charge in [-0.15, -0.1) is 0 Å². The van der Waals surface area contributed by atoms with Gasteiger partial charge in [0.2, 0.25) is 0 Å². The van der Waals surface area contributed by atoms with Crippen molar-refractivity contribution in [2.75, 3.05) is 6.54 Å². The van der Waals surface area contributed by atoms with Gasteiger partial charge in [-0.1, -0.05) is 6.92 Å². The zero-order chi connectivity index (χ0) is 16.8.